The van der Waals surface area contributed by atoms with E-state index in [1.807, 2.05) is 13.0 Å². The summed E-state index contributed by atoms with van der Waals surface area (Å²) in [6.45, 7) is 2.31. The highest BCUT2D eigenvalue weighted by molar-refractivity contribution is 6.30. The SMILES string of the molecule is Cc1cc(Cl)ccc1OCCCC(=O)O.Cl. The van der Waals surface area contributed by atoms with Crippen molar-refractivity contribution in [2.45, 2.75) is 19.8 Å². The molecule has 1 aromatic rings. The summed E-state index contributed by atoms with van der Waals surface area (Å²) in [7, 11) is 0. The molecule has 90 valence electrons. The van der Waals surface area contributed by atoms with E-state index < -0.39 is 5.97 Å². The molecule has 0 aliphatic heterocycles. The molecule has 0 radical (unpaired) electrons. The lowest BCUT2D eigenvalue weighted by molar-refractivity contribution is -0.137. The van der Waals surface area contributed by atoms with Crippen LogP contribution in [-0.4, -0.2) is 17.7 Å². The van der Waals surface area contributed by atoms with Crippen molar-refractivity contribution in [1.82, 2.24) is 0 Å². The van der Waals surface area contributed by atoms with Gasteiger partial charge in [0.15, 0.2) is 0 Å². The second-order valence-electron chi connectivity index (χ2n) is 3.26. The number of ether oxygens (including phenoxy) is 1. The Labute approximate surface area is 106 Å². The second-order valence-corrected chi connectivity index (χ2v) is 3.69. The van der Waals surface area contributed by atoms with Crippen LogP contribution in [0.3, 0.4) is 0 Å². The van der Waals surface area contributed by atoms with Gasteiger partial charge < -0.3 is 9.84 Å². The summed E-state index contributed by atoms with van der Waals surface area (Å²) in [6.07, 6.45) is 0.643. The molecule has 0 aliphatic rings. The van der Waals surface area contributed by atoms with Gasteiger partial charge in [-0.05, 0) is 37.1 Å². The molecule has 0 saturated heterocycles. The van der Waals surface area contributed by atoms with Crippen LogP contribution in [0, 0.1) is 6.92 Å². The number of carboxylic acids is 1. The van der Waals surface area contributed by atoms with Crippen molar-refractivity contribution >= 4 is 30.0 Å². The van der Waals surface area contributed by atoms with Gasteiger partial charge in [-0.2, -0.15) is 0 Å². The highest BCUT2D eigenvalue weighted by Crippen LogP contribution is 2.21. The van der Waals surface area contributed by atoms with E-state index in [-0.39, 0.29) is 18.8 Å². The minimum Gasteiger partial charge on any atom is -0.493 e. The molecule has 0 fully saturated rings. The zero-order valence-corrected chi connectivity index (χ0v) is 10.5. The third-order valence-corrected chi connectivity index (χ3v) is 2.16. The monoisotopic (exact) mass is 264 g/mol. The second kappa shape index (κ2) is 7.36. The van der Waals surface area contributed by atoms with Crippen LogP contribution in [0.25, 0.3) is 0 Å². The molecule has 0 heterocycles. The third-order valence-electron chi connectivity index (χ3n) is 1.93. The van der Waals surface area contributed by atoms with Crippen LogP contribution in [0.5, 0.6) is 5.75 Å². The van der Waals surface area contributed by atoms with Crippen molar-refractivity contribution < 1.29 is 14.6 Å². The molecular weight excluding hydrogens is 251 g/mol. The first kappa shape index (κ1) is 15.1. The molecule has 0 atom stereocenters. The summed E-state index contributed by atoms with van der Waals surface area (Å²) in [5, 5.41) is 9.10. The van der Waals surface area contributed by atoms with E-state index in [0.717, 1.165) is 11.3 Å². The van der Waals surface area contributed by atoms with Gasteiger partial charge in [0.05, 0.1) is 6.61 Å². The van der Waals surface area contributed by atoms with E-state index >= 15 is 0 Å². The molecule has 1 rings (SSSR count). The van der Waals surface area contributed by atoms with Gasteiger partial charge in [0, 0.05) is 11.4 Å². The Kier molecular flexibility index (Phi) is 6.93. The molecular formula is C11H14Cl2O3. The first-order valence-electron chi connectivity index (χ1n) is 4.70. The number of benzene rings is 1. The van der Waals surface area contributed by atoms with E-state index in [1.54, 1.807) is 12.1 Å². The Morgan fingerprint density at radius 2 is 2.19 bits per heavy atom. The maximum Gasteiger partial charge on any atom is 0.303 e. The Morgan fingerprint density at radius 1 is 1.50 bits per heavy atom. The van der Waals surface area contributed by atoms with Crippen LogP contribution in [-0.2, 0) is 4.79 Å². The number of aliphatic carboxylic acids is 1. The minimum atomic E-state index is -0.800. The van der Waals surface area contributed by atoms with Crippen molar-refractivity contribution in [2.24, 2.45) is 0 Å². The van der Waals surface area contributed by atoms with Crippen molar-refractivity contribution in [3.63, 3.8) is 0 Å². The predicted octanol–water partition coefficient (Wildman–Crippen LogP) is 3.31. The normalized spacial score (nSPS) is 9.38. The van der Waals surface area contributed by atoms with Gasteiger partial charge in [-0.3, -0.25) is 4.79 Å². The average Bonchev–Trinajstić information content (AvgIpc) is 2.14. The highest BCUT2D eigenvalue weighted by Gasteiger charge is 2.01. The molecule has 0 bridgehead atoms. The van der Waals surface area contributed by atoms with E-state index in [1.165, 1.54) is 0 Å². The fourth-order valence-corrected chi connectivity index (χ4v) is 1.41. The quantitative estimate of drug-likeness (QED) is 0.831. The van der Waals surface area contributed by atoms with Gasteiger partial charge in [0.1, 0.15) is 5.75 Å². The van der Waals surface area contributed by atoms with Crippen LogP contribution < -0.4 is 4.74 Å². The number of halogens is 2. The van der Waals surface area contributed by atoms with Crippen molar-refractivity contribution in [3.8, 4) is 5.75 Å². The molecule has 16 heavy (non-hydrogen) atoms. The third kappa shape index (κ3) is 5.24. The van der Waals surface area contributed by atoms with Gasteiger partial charge >= 0.3 is 5.97 Å². The zero-order chi connectivity index (χ0) is 11.3. The summed E-state index contributed by atoms with van der Waals surface area (Å²) in [5.74, 6) is -0.0452. The lowest BCUT2D eigenvalue weighted by Crippen LogP contribution is -2.02. The molecule has 0 unspecified atom stereocenters. The minimum absolute atomic E-state index is 0. The maximum atomic E-state index is 10.2. The number of aryl methyl sites for hydroxylation is 1. The lowest BCUT2D eigenvalue weighted by Gasteiger charge is -2.08. The van der Waals surface area contributed by atoms with Crippen LogP contribution in [0.4, 0.5) is 0 Å². The maximum absolute atomic E-state index is 10.2. The van der Waals surface area contributed by atoms with E-state index in [2.05, 4.69) is 0 Å². The molecule has 3 nitrogen and oxygen atoms in total. The molecule has 0 spiro atoms. The average molecular weight is 265 g/mol. The number of hydrogen-bond donors (Lipinski definition) is 1. The van der Waals surface area contributed by atoms with Crippen molar-refractivity contribution in [1.29, 1.82) is 0 Å². The molecule has 0 saturated carbocycles. The number of carboxylic acid groups (broad SMARTS) is 1. The Hall–Kier alpha value is -0.930. The van der Waals surface area contributed by atoms with Crippen molar-refractivity contribution in [2.75, 3.05) is 6.61 Å². The van der Waals surface area contributed by atoms with Gasteiger partial charge in [0.25, 0.3) is 0 Å². The molecule has 0 amide bonds. The van der Waals surface area contributed by atoms with Gasteiger partial charge in [-0.1, -0.05) is 11.6 Å². The molecule has 0 aromatic heterocycles. The van der Waals surface area contributed by atoms with Crippen LogP contribution in [0.1, 0.15) is 18.4 Å². The fourth-order valence-electron chi connectivity index (χ4n) is 1.18. The highest BCUT2D eigenvalue weighted by atomic mass is 35.5. The number of hydrogen-bond acceptors (Lipinski definition) is 2. The van der Waals surface area contributed by atoms with Gasteiger partial charge in [-0.15, -0.1) is 12.4 Å². The predicted molar refractivity (Wildman–Crippen MR) is 65.8 cm³/mol. The molecule has 0 aliphatic carbocycles. The zero-order valence-electron chi connectivity index (χ0n) is 8.90. The first-order chi connectivity index (χ1) is 7.09. The molecule has 5 heteroatoms. The lowest BCUT2D eigenvalue weighted by atomic mass is 10.2. The van der Waals surface area contributed by atoms with Gasteiger partial charge in [0.2, 0.25) is 0 Å². The van der Waals surface area contributed by atoms with Crippen LogP contribution >= 0.6 is 24.0 Å². The summed E-state index contributed by atoms with van der Waals surface area (Å²) < 4.78 is 5.42. The van der Waals surface area contributed by atoms with Crippen LogP contribution in [0.15, 0.2) is 18.2 Å². The first-order valence-corrected chi connectivity index (χ1v) is 5.08. The van der Waals surface area contributed by atoms with E-state index in [4.69, 9.17) is 21.4 Å². The Bertz CT molecular complexity index is 353. The van der Waals surface area contributed by atoms with Crippen molar-refractivity contribution in [3.05, 3.63) is 28.8 Å². The standard InChI is InChI=1S/C11H13ClO3.ClH/c1-8-7-9(12)4-5-10(8)15-6-2-3-11(13)14;/h4-5,7H,2-3,6H2,1H3,(H,13,14);1H. The summed E-state index contributed by atoms with van der Waals surface area (Å²) >= 11 is 5.79. The topological polar surface area (TPSA) is 46.5 Å². The van der Waals surface area contributed by atoms with Gasteiger partial charge in [-0.25, -0.2) is 0 Å². The molecule has 1 N–H and O–H groups in total. The van der Waals surface area contributed by atoms with E-state index in [9.17, 15) is 4.79 Å². The number of rotatable bonds is 5. The van der Waals surface area contributed by atoms with Crippen LogP contribution in [0.2, 0.25) is 5.02 Å². The fraction of sp³-hybridized carbons (Fsp3) is 0.364. The summed E-state index contributed by atoms with van der Waals surface area (Å²) in [4.78, 5) is 10.2. The Morgan fingerprint density at radius 3 is 2.75 bits per heavy atom. The Balaban J connectivity index is 0.00000225. The van der Waals surface area contributed by atoms with E-state index in [0.29, 0.717) is 18.1 Å². The molecule has 1 aromatic carbocycles. The largest absolute Gasteiger partial charge is 0.493 e. The summed E-state index contributed by atoms with van der Waals surface area (Å²) in [5.41, 5.74) is 0.956. The number of carbonyl (C=O) groups is 1. The smallest absolute Gasteiger partial charge is 0.303 e. The summed E-state index contributed by atoms with van der Waals surface area (Å²) in [6, 6.07) is 5.35.